The van der Waals surface area contributed by atoms with Crippen molar-refractivity contribution >= 4 is 23.4 Å². The summed E-state index contributed by atoms with van der Waals surface area (Å²) in [7, 11) is 0. The third-order valence-corrected chi connectivity index (χ3v) is 9.17. The Morgan fingerprint density at radius 3 is 2.43 bits per heavy atom. The van der Waals surface area contributed by atoms with Crippen LogP contribution in [0.4, 0.5) is 0 Å². The van der Waals surface area contributed by atoms with Gasteiger partial charge in [-0.05, 0) is 44.1 Å². The van der Waals surface area contributed by atoms with E-state index in [2.05, 4.69) is 39.5 Å². The van der Waals surface area contributed by atoms with E-state index in [0.717, 1.165) is 29.7 Å². The first kappa shape index (κ1) is 26.2. The Kier molecular flexibility index (Phi) is 7.91. The molecule has 7 nitrogen and oxygen atoms in total. The van der Waals surface area contributed by atoms with E-state index in [9.17, 15) is 9.59 Å². The summed E-state index contributed by atoms with van der Waals surface area (Å²) in [5.74, 6) is 0.695. The lowest BCUT2D eigenvalue weighted by molar-refractivity contribution is -0.162. The van der Waals surface area contributed by atoms with Gasteiger partial charge in [0.05, 0.1) is 11.7 Å². The number of piperazine rings is 1. The molecule has 2 saturated heterocycles. The molecule has 2 unspecified atom stereocenters. The molecule has 5 rings (SSSR count). The number of nitrogens with zero attached hydrogens (tertiary/aromatic N) is 3. The van der Waals surface area contributed by atoms with Crippen LogP contribution in [0.1, 0.15) is 87.6 Å². The number of aryl methyl sites for hydroxylation is 1. The van der Waals surface area contributed by atoms with E-state index >= 15 is 0 Å². The Hall–Kier alpha value is -2.38. The lowest BCUT2D eigenvalue weighted by Crippen LogP contribution is -2.73. The largest absolute Gasteiger partial charge is 0.342 e. The first-order chi connectivity index (χ1) is 17.9. The highest BCUT2D eigenvalue weighted by molar-refractivity contribution is 6.30. The highest BCUT2D eigenvalue weighted by Gasteiger charge is 2.54. The van der Waals surface area contributed by atoms with Crippen LogP contribution in [0.2, 0.25) is 5.15 Å². The minimum atomic E-state index is -0.775. The van der Waals surface area contributed by atoms with Crippen molar-refractivity contribution in [2.24, 2.45) is 5.92 Å². The van der Waals surface area contributed by atoms with Crippen LogP contribution < -0.4 is 5.32 Å². The summed E-state index contributed by atoms with van der Waals surface area (Å²) >= 11 is 6.59. The summed E-state index contributed by atoms with van der Waals surface area (Å²) in [6.07, 6.45) is 8.95. The van der Waals surface area contributed by atoms with Gasteiger partial charge >= 0.3 is 0 Å². The number of aromatic nitrogens is 2. The molecular weight excluding hydrogens is 486 g/mol. The average Bonchev–Trinajstić information content (AvgIpc) is 3.25. The number of nitrogens with one attached hydrogen (secondary N) is 2. The fraction of sp³-hybridized carbons (Fsp3) is 0.621. The summed E-state index contributed by atoms with van der Waals surface area (Å²) in [5, 5.41) is 11.0. The number of halogens is 1. The van der Waals surface area contributed by atoms with Crippen molar-refractivity contribution in [2.45, 2.75) is 89.3 Å². The molecule has 0 bridgehead atoms. The number of rotatable bonds is 7. The summed E-state index contributed by atoms with van der Waals surface area (Å²) < 4.78 is 0. The predicted molar refractivity (Wildman–Crippen MR) is 145 cm³/mol. The Bertz CT molecular complexity index is 1070. The van der Waals surface area contributed by atoms with E-state index in [-0.39, 0.29) is 23.9 Å². The highest BCUT2D eigenvalue weighted by atomic mass is 35.5. The Balaban J connectivity index is 1.37. The van der Waals surface area contributed by atoms with Gasteiger partial charge in [-0.15, -0.1) is 0 Å². The van der Waals surface area contributed by atoms with E-state index < -0.39 is 5.54 Å². The Morgan fingerprint density at radius 2 is 1.81 bits per heavy atom. The molecule has 2 amide bonds. The number of hydrogen-bond donors (Lipinski definition) is 2. The van der Waals surface area contributed by atoms with E-state index in [0.29, 0.717) is 43.5 Å². The van der Waals surface area contributed by atoms with Gasteiger partial charge in [0.2, 0.25) is 11.8 Å². The van der Waals surface area contributed by atoms with Gasteiger partial charge in [0.15, 0.2) is 0 Å². The van der Waals surface area contributed by atoms with Gasteiger partial charge in [0.1, 0.15) is 16.7 Å². The smallest absolute Gasteiger partial charge is 0.246 e. The Morgan fingerprint density at radius 1 is 1.11 bits per heavy atom. The van der Waals surface area contributed by atoms with Gasteiger partial charge in [0.25, 0.3) is 0 Å². The van der Waals surface area contributed by atoms with Gasteiger partial charge in [-0.3, -0.25) is 19.6 Å². The molecule has 8 heteroatoms. The van der Waals surface area contributed by atoms with Crippen molar-refractivity contribution in [1.82, 2.24) is 25.3 Å². The number of likely N-dealkylation sites (tertiary alicyclic amines) is 1. The lowest BCUT2D eigenvalue weighted by atomic mass is 9.78. The highest BCUT2D eigenvalue weighted by Crippen LogP contribution is 2.41. The molecule has 200 valence electrons. The zero-order valence-electron chi connectivity index (χ0n) is 22.1. The van der Waals surface area contributed by atoms with Gasteiger partial charge in [-0.25, -0.2) is 0 Å². The van der Waals surface area contributed by atoms with E-state index in [1.54, 1.807) is 0 Å². The second-order valence-electron chi connectivity index (χ2n) is 11.2. The normalized spacial score (nSPS) is 23.9. The number of amides is 2. The molecule has 2 aliphatic heterocycles. The zero-order chi connectivity index (χ0) is 26.0. The number of benzene rings is 1. The van der Waals surface area contributed by atoms with Gasteiger partial charge in [-0.2, -0.15) is 5.10 Å². The van der Waals surface area contributed by atoms with Crippen LogP contribution in [-0.4, -0.2) is 63.0 Å². The summed E-state index contributed by atoms with van der Waals surface area (Å²) in [4.78, 5) is 31.9. The second-order valence-corrected chi connectivity index (χ2v) is 11.6. The van der Waals surface area contributed by atoms with Crippen LogP contribution in [0.25, 0.3) is 0 Å². The topological polar surface area (TPSA) is 81.3 Å². The van der Waals surface area contributed by atoms with Gasteiger partial charge in [0, 0.05) is 25.2 Å². The van der Waals surface area contributed by atoms with Crippen molar-refractivity contribution in [3.05, 3.63) is 52.3 Å². The monoisotopic (exact) mass is 525 g/mol. The first-order valence-electron chi connectivity index (χ1n) is 14.1. The van der Waals surface area contributed by atoms with Crippen LogP contribution in [-0.2, 0) is 9.59 Å². The number of aromatic amines is 1. The van der Waals surface area contributed by atoms with E-state index in [4.69, 9.17) is 11.6 Å². The summed E-state index contributed by atoms with van der Waals surface area (Å²) in [5.41, 5.74) is 2.23. The molecule has 3 heterocycles. The van der Waals surface area contributed by atoms with Gasteiger partial charge in [-0.1, -0.05) is 81.0 Å². The lowest BCUT2D eigenvalue weighted by Gasteiger charge is -2.53. The molecule has 1 saturated carbocycles. The standard InChI is InChI=1S/C29H40ClN5O2/c1-3-16-35-27(36)23(19-21-10-6-4-7-11-21)31-28(37)29(35)14-17-34(18-15-29)25(22-12-8-5-9-13-22)24-20(2)32-33-26(24)30/h5,8-9,12-13,21,23,25H,3-4,6-7,10-11,14-19H2,1-2H3,(H,31,37)(H,32,33). The van der Waals surface area contributed by atoms with Crippen molar-refractivity contribution in [2.75, 3.05) is 19.6 Å². The molecule has 3 fully saturated rings. The van der Waals surface area contributed by atoms with Crippen molar-refractivity contribution < 1.29 is 9.59 Å². The maximum absolute atomic E-state index is 13.8. The molecule has 0 radical (unpaired) electrons. The third-order valence-electron chi connectivity index (χ3n) is 8.88. The maximum Gasteiger partial charge on any atom is 0.246 e. The first-order valence-corrected chi connectivity index (χ1v) is 14.4. The molecule has 1 aromatic carbocycles. The van der Waals surface area contributed by atoms with Crippen molar-refractivity contribution in [3.8, 4) is 0 Å². The molecular formula is C29H40ClN5O2. The maximum atomic E-state index is 13.8. The quantitative estimate of drug-likeness (QED) is 0.533. The van der Waals surface area contributed by atoms with Crippen LogP contribution in [0.15, 0.2) is 30.3 Å². The predicted octanol–water partition coefficient (Wildman–Crippen LogP) is 5.00. The van der Waals surface area contributed by atoms with Crippen LogP contribution in [0.3, 0.4) is 0 Å². The minimum Gasteiger partial charge on any atom is -0.342 e. The van der Waals surface area contributed by atoms with E-state index in [1.165, 1.54) is 32.1 Å². The van der Waals surface area contributed by atoms with Gasteiger partial charge < -0.3 is 10.2 Å². The molecule has 37 heavy (non-hydrogen) atoms. The van der Waals surface area contributed by atoms with Crippen molar-refractivity contribution in [3.63, 3.8) is 0 Å². The van der Waals surface area contributed by atoms with Crippen LogP contribution in [0.5, 0.6) is 0 Å². The number of H-pyrrole nitrogens is 1. The molecule has 1 aliphatic carbocycles. The van der Waals surface area contributed by atoms with E-state index in [1.807, 2.05) is 30.0 Å². The third kappa shape index (κ3) is 5.05. The second kappa shape index (κ2) is 11.2. The number of carbonyl (C=O) groups excluding carboxylic acids is 2. The summed E-state index contributed by atoms with van der Waals surface area (Å²) in [6.45, 7) is 6.07. The molecule has 2 N–H and O–H groups in total. The van der Waals surface area contributed by atoms with Crippen molar-refractivity contribution in [1.29, 1.82) is 0 Å². The average molecular weight is 526 g/mol. The summed E-state index contributed by atoms with van der Waals surface area (Å²) in [6, 6.07) is 9.89. The Labute approximate surface area is 225 Å². The number of hydrogen-bond acceptors (Lipinski definition) is 4. The molecule has 1 aromatic heterocycles. The fourth-order valence-electron chi connectivity index (χ4n) is 6.91. The molecule has 1 spiro atoms. The zero-order valence-corrected chi connectivity index (χ0v) is 22.9. The van der Waals surface area contributed by atoms with Crippen LogP contribution >= 0.6 is 11.6 Å². The minimum absolute atomic E-state index is 0.0368. The number of piperidine rings is 1. The molecule has 2 aromatic rings. The number of carbonyl (C=O) groups is 2. The molecule has 3 aliphatic rings. The fourth-order valence-corrected chi connectivity index (χ4v) is 7.20. The molecule has 2 atom stereocenters. The SMILES string of the molecule is CCCN1C(=O)C(CC2CCCCC2)NC(=O)C12CCN(C(c1ccccc1)c1c(C)n[nH]c1Cl)CC2. The van der Waals surface area contributed by atoms with Crippen LogP contribution in [0, 0.1) is 12.8 Å².